The van der Waals surface area contributed by atoms with Gasteiger partial charge in [-0.1, -0.05) is 46.7 Å². The summed E-state index contributed by atoms with van der Waals surface area (Å²) < 4.78 is 4.98. The third-order valence-electron chi connectivity index (χ3n) is 4.58. The maximum absolute atomic E-state index is 11.5. The lowest BCUT2D eigenvalue weighted by molar-refractivity contribution is -0.135. The van der Waals surface area contributed by atoms with Crippen molar-refractivity contribution in [3.63, 3.8) is 0 Å². The van der Waals surface area contributed by atoms with Gasteiger partial charge in [-0.2, -0.15) is 0 Å². The van der Waals surface area contributed by atoms with Gasteiger partial charge in [-0.15, -0.1) is 0 Å². The molecule has 2 rings (SSSR count). The molecule has 1 unspecified atom stereocenters. The fourth-order valence-electron chi connectivity index (χ4n) is 3.00. The van der Waals surface area contributed by atoms with Gasteiger partial charge in [0.25, 0.3) is 0 Å². The lowest BCUT2D eigenvalue weighted by Gasteiger charge is -2.28. The summed E-state index contributed by atoms with van der Waals surface area (Å²) in [4.78, 5) is 27.3. The molecule has 1 heterocycles. The summed E-state index contributed by atoms with van der Waals surface area (Å²) in [5.41, 5.74) is 2.71. The number of hydrogen-bond acceptors (Lipinski definition) is 6. The minimum atomic E-state index is -1.15. The molecule has 8 heteroatoms. The molecule has 160 valence electrons. The van der Waals surface area contributed by atoms with Crippen molar-refractivity contribution in [2.24, 2.45) is 5.16 Å². The first-order chi connectivity index (χ1) is 13.3. The molecule has 1 aliphatic rings. The van der Waals surface area contributed by atoms with E-state index in [1.54, 1.807) is 0 Å². The number of carboxylic acids is 1. The summed E-state index contributed by atoms with van der Waals surface area (Å²) in [6.45, 7) is 11.7. The van der Waals surface area contributed by atoms with E-state index in [9.17, 15) is 14.7 Å². The normalized spacial score (nSPS) is 16.8. The average molecular weight is 406 g/mol. The van der Waals surface area contributed by atoms with Crippen molar-refractivity contribution < 1.29 is 29.4 Å². The highest BCUT2D eigenvalue weighted by Gasteiger charge is 2.30. The van der Waals surface area contributed by atoms with Crippen LogP contribution in [0.1, 0.15) is 64.7 Å². The number of aromatic hydroxyl groups is 1. The van der Waals surface area contributed by atoms with Crippen LogP contribution in [0.2, 0.25) is 0 Å². The monoisotopic (exact) mass is 406 g/mol. The zero-order valence-electron chi connectivity index (χ0n) is 17.8. The molecule has 1 atom stereocenters. The van der Waals surface area contributed by atoms with Crippen LogP contribution in [0.15, 0.2) is 17.3 Å². The van der Waals surface area contributed by atoms with Gasteiger partial charge in [-0.25, -0.2) is 4.79 Å². The lowest BCUT2D eigenvalue weighted by Crippen LogP contribution is -2.32. The number of carbonyl (C=O) groups excluding carboxylic acids is 1. The highest BCUT2D eigenvalue weighted by molar-refractivity contribution is 6.02. The van der Waals surface area contributed by atoms with Crippen LogP contribution in [0.3, 0.4) is 0 Å². The Hall–Kier alpha value is -2.77. The zero-order valence-corrected chi connectivity index (χ0v) is 17.8. The topological polar surface area (TPSA) is 117 Å². The van der Waals surface area contributed by atoms with Crippen LogP contribution < -0.4 is 5.32 Å². The second kappa shape index (κ2) is 8.31. The van der Waals surface area contributed by atoms with Crippen LogP contribution >= 0.6 is 0 Å². The first kappa shape index (κ1) is 22.5. The summed E-state index contributed by atoms with van der Waals surface area (Å²) >= 11 is 0. The highest BCUT2D eigenvalue weighted by Crippen LogP contribution is 2.40. The Bertz CT molecular complexity index is 782. The van der Waals surface area contributed by atoms with Crippen LogP contribution in [-0.4, -0.2) is 47.2 Å². The van der Waals surface area contributed by atoms with E-state index < -0.39 is 24.7 Å². The largest absolute Gasteiger partial charge is 0.507 e. The molecule has 0 fully saturated rings. The number of benzene rings is 1. The minimum absolute atomic E-state index is 0.0468. The maximum Gasteiger partial charge on any atom is 0.407 e. The van der Waals surface area contributed by atoms with Crippen LogP contribution in [-0.2, 0) is 25.2 Å². The molecule has 1 amide bonds. The molecule has 1 aromatic carbocycles. The molecule has 3 N–H and O–H groups in total. The van der Waals surface area contributed by atoms with Gasteiger partial charge in [0.1, 0.15) is 18.9 Å². The Kier molecular flexibility index (Phi) is 6.45. The Morgan fingerprint density at radius 3 is 2.21 bits per heavy atom. The average Bonchev–Trinajstić information content (AvgIpc) is 3.05. The van der Waals surface area contributed by atoms with Gasteiger partial charge in [-0.05, 0) is 23.0 Å². The highest BCUT2D eigenvalue weighted by atomic mass is 16.7. The number of oxime groups is 1. The SMILES string of the molecule is CC(C)(C)c1cc(C2=NOC(COC(=O)NCC(=O)O)C2)cc(C(C)(C)C)c1O. The molecule has 8 nitrogen and oxygen atoms in total. The molecule has 0 spiro atoms. The van der Waals surface area contributed by atoms with Gasteiger partial charge in [0.2, 0.25) is 0 Å². The van der Waals surface area contributed by atoms with Crippen molar-refractivity contribution in [2.45, 2.75) is 64.9 Å². The fourth-order valence-corrected chi connectivity index (χ4v) is 3.00. The number of phenols is 1. The van der Waals surface area contributed by atoms with E-state index >= 15 is 0 Å². The van der Waals surface area contributed by atoms with E-state index in [0.717, 1.165) is 16.7 Å². The van der Waals surface area contributed by atoms with E-state index in [4.69, 9.17) is 14.7 Å². The van der Waals surface area contributed by atoms with Crippen LogP contribution in [0, 0.1) is 0 Å². The number of hydrogen-bond donors (Lipinski definition) is 3. The molecule has 1 aromatic rings. The quantitative estimate of drug-likeness (QED) is 0.691. The van der Waals surface area contributed by atoms with E-state index in [0.29, 0.717) is 17.9 Å². The van der Waals surface area contributed by atoms with E-state index in [2.05, 4.69) is 10.5 Å². The number of carboxylic acid groups (broad SMARTS) is 1. The van der Waals surface area contributed by atoms with Gasteiger partial charge in [0, 0.05) is 23.1 Å². The number of amides is 1. The number of rotatable bonds is 5. The summed E-state index contributed by atoms with van der Waals surface area (Å²) in [6, 6.07) is 3.85. The summed E-state index contributed by atoms with van der Waals surface area (Å²) in [7, 11) is 0. The van der Waals surface area contributed by atoms with Crippen molar-refractivity contribution in [1.29, 1.82) is 0 Å². The van der Waals surface area contributed by atoms with Gasteiger partial charge in [0.15, 0.2) is 6.10 Å². The van der Waals surface area contributed by atoms with E-state index in [-0.39, 0.29) is 17.4 Å². The Morgan fingerprint density at radius 1 is 1.17 bits per heavy atom. The molecule has 0 saturated heterocycles. The number of ether oxygens (including phenoxy) is 1. The number of aliphatic carboxylic acids is 1. The van der Waals surface area contributed by atoms with Gasteiger partial charge < -0.3 is 25.1 Å². The molecular weight excluding hydrogens is 376 g/mol. The predicted molar refractivity (Wildman–Crippen MR) is 109 cm³/mol. The molecular formula is C21H30N2O6. The zero-order chi connectivity index (χ0) is 22.0. The summed E-state index contributed by atoms with van der Waals surface area (Å²) in [5, 5.41) is 25.7. The van der Waals surface area contributed by atoms with Crippen LogP contribution in [0.4, 0.5) is 4.79 Å². The smallest absolute Gasteiger partial charge is 0.407 e. The van der Waals surface area contributed by atoms with Crippen LogP contribution in [0.5, 0.6) is 5.75 Å². The van der Waals surface area contributed by atoms with Gasteiger partial charge >= 0.3 is 12.1 Å². The number of phenolic OH excluding ortho intramolecular Hbond substituents is 1. The number of nitrogens with one attached hydrogen (secondary N) is 1. The van der Waals surface area contributed by atoms with Crippen LogP contribution in [0.25, 0.3) is 0 Å². The predicted octanol–water partition coefficient (Wildman–Crippen LogP) is 3.29. The molecule has 29 heavy (non-hydrogen) atoms. The Balaban J connectivity index is 2.15. The molecule has 0 bridgehead atoms. The van der Waals surface area contributed by atoms with Crippen molar-refractivity contribution in [3.05, 3.63) is 28.8 Å². The van der Waals surface area contributed by atoms with Gasteiger partial charge in [-0.3, -0.25) is 4.79 Å². The van der Waals surface area contributed by atoms with Crippen molar-refractivity contribution in [2.75, 3.05) is 13.2 Å². The molecule has 1 aliphatic heterocycles. The second-order valence-electron chi connectivity index (χ2n) is 9.24. The lowest BCUT2D eigenvalue weighted by atomic mass is 9.78. The number of nitrogens with zero attached hydrogens (tertiary/aromatic N) is 1. The Labute approximate surface area is 170 Å². The first-order valence-corrected chi connectivity index (χ1v) is 9.52. The third kappa shape index (κ3) is 5.85. The standard InChI is InChI=1S/C21H30N2O6/c1-20(2,3)14-7-12(8-15(18(14)26)21(4,5)6)16-9-13(29-23-16)11-28-19(27)22-10-17(24)25/h7-8,13,26H,9-11H2,1-6H3,(H,22,27)(H,24,25). The summed E-state index contributed by atoms with van der Waals surface area (Å²) in [6.07, 6.45) is -0.839. The third-order valence-corrected chi connectivity index (χ3v) is 4.58. The second-order valence-corrected chi connectivity index (χ2v) is 9.24. The van der Waals surface area contributed by atoms with Gasteiger partial charge in [0.05, 0.1) is 5.71 Å². The minimum Gasteiger partial charge on any atom is -0.507 e. The van der Waals surface area contributed by atoms with E-state index in [1.165, 1.54) is 0 Å². The first-order valence-electron chi connectivity index (χ1n) is 9.52. The molecule has 0 saturated carbocycles. The molecule has 0 aromatic heterocycles. The van der Waals surface area contributed by atoms with Crippen molar-refractivity contribution in [3.8, 4) is 5.75 Å². The summed E-state index contributed by atoms with van der Waals surface area (Å²) in [5.74, 6) is -0.857. The Morgan fingerprint density at radius 2 is 1.72 bits per heavy atom. The van der Waals surface area contributed by atoms with E-state index in [1.807, 2.05) is 53.7 Å². The number of carbonyl (C=O) groups is 2. The molecule has 0 radical (unpaired) electrons. The van der Waals surface area contributed by atoms with Crippen molar-refractivity contribution >= 4 is 17.8 Å². The number of alkyl carbamates (subject to hydrolysis) is 1. The fraction of sp³-hybridized carbons (Fsp3) is 0.571. The van der Waals surface area contributed by atoms with Crippen molar-refractivity contribution in [1.82, 2.24) is 5.32 Å². The molecule has 0 aliphatic carbocycles. The maximum atomic E-state index is 11.5.